The normalized spacial score (nSPS) is 13.6. The second-order valence-corrected chi connectivity index (χ2v) is 10.5. The first kappa shape index (κ1) is 34.3. The number of alkyl halides is 6. The molecule has 0 radical (unpaired) electrons. The van der Waals surface area contributed by atoms with Crippen molar-refractivity contribution in [1.29, 1.82) is 0 Å². The zero-order valence-corrected chi connectivity index (χ0v) is 24.7. The molecule has 1 N–H and O–H groups in total. The van der Waals surface area contributed by atoms with Crippen molar-refractivity contribution in [2.24, 2.45) is 0 Å². The first-order valence-electron chi connectivity index (χ1n) is 14.1. The fourth-order valence-electron chi connectivity index (χ4n) is 5.09. The number of carboxylic acid groups (broad SMARTS) is 1. The minimum Gasteiger partial charge on any atom is -0.478 e. The number of hydrogen-bond donors (Lipinski definition) is 1. The largest absolute Gasteiger partial charge is 0.478 e. The Hall–Kier alpha value is -6.07. The number of halogens is 6. The Morgan fingerprint density at radius 1 is 0.694 bits per heavy atom. The minimum atomic E-state index is -5.15. The summed E-state index contributed by atoms with van der Waals surface area (Å²) in [7, 11) is 0. The number of rotatable bonds is 9. The Labute approximate surface area is 271 Å². The van der Waals surface area contributed by atoms with Gasteiger partial charge >= 0.3 is 18.3 Å². The van der Waals surface area contributed by atoms with E-state index >= 15 is 0 Å². The van der Waals surface area contributed by atoms with Crippen LogP contribution in [0.15, 0.2) is 78.9 Å². The molecule has 0 aromatic heterocycles. The molecule has 4 aromatic carbocycles. The van der Waals surface area contributed by atoms with Crippen molar-refractivity contribution < 1.29 is 55.6 Å². The van der Waals surface area contributed by atoms with E-state index in [0.29, 0.717) is 6.07 Å². The number of nitro benzene ring substituents is 2. The second kappa shape index (κ2) is 13.2. The lowest BCUT2D eigenvalue weighted by atomic mass is 10.1. The van der Waals surface area contributed by atoms with Gasteiger partial charge in [0.25, 0.3) is 11.4 Å². The number of non-ortho nitro benzene ring substituents is 1. The maximum atomic E-state index is 14.3. The Balaban J connectivity index is 1.48. The number of benzene rings is 4. The van der Waals surface area contributed by atoms with Gasteiger partial charge in [0.15, 0.2) is 11.5 Å². The van der Waals surface area contributed by atoms with Gasteiger partial charge in [0.1, 0.15) is 28.3 Å². The van der Waals surface area contributed by atoms with Crippen molar-refractivity contribution in [2.75, 3.05) is 36.0 Å². The van der Waals surface area contributed by atoms with Crippen molar-refractivity contribution in [3.8, 4) is 23.0 Å². The van der Waals surface area contributed by atoms with Crippen LogP contribution in [0.4, 0.5) is 49.1 Å². The molecule has 0 bridgehead atoms. The van der Waals surface area contributed by atoms with Crippen LogP contribution in [-0.2, 0) is 12.4 Å². The fourth-order valence-corrected chi connectivity index (χ4v) is 5.09. The van der Waals surface area contributed by atoms with Crippen LogP contribution in [0.3, 0.4) is 0 Å². The number of para-hydroxylation sites is 2. The molecule has 0 saturated carbocycles. The predicted octanol–water partition coefficient (Wildman–Crippen LogP) is 8.15. The van der Waals surface area contributed by atoms with Gasteiger partial charge in [0.2, 0.25) is 0 Å². The molecule has 1 saturated heterocycles. The van der Waals surface area contributed by atoms with Crippen molar-refractivity contribution in [1.82, 2.24) is 0 Å². The Kier molecular flexibility index (Phi) is 9.24. The molecule has 0 amide bonds. The number of ether oxygens (including phenoxy) is 2. The minimum absolute atomic E-state index is 0.0142. The van der Waals surface area contributed by atoms with Crippen molar-refractivity contribution in [3.05, 3.63) is 116 Å². The quantitative estimate of drug-likeness (QED) is 0.103. The molecule has 0 atom stereocenters. The van der Waals surface area contributed by atoms with E-state index in [1.54, 1.807) is 4.90 Å². The van der Waals surface area contributed by atoms with E-state index in [1.807, 2.05) is 0 Å². The fraction of sp³-hybridized carbons (Fsp3) is 0.194. The van der Waals surface area contributed by atoms with E-state index < -0.39 is 67.7 Å². The summed E-state index contributed by atoms with van der Waals surface area (Å²) in [5.41, 5.74) is -4.46. The monoisotopic (exact) mass is 692 g/mol. The van der Waals surface area contributed by atoms with Gasteiger partial charge in [0, 0.05) is 56.1 Å². The van der Waals surface area contributed by atoms with E-state index in [-0.39, 0.29) is 49.1 Å². The average molecular weight is 693 g/mol. The Morgan fingerprint density at radius 2 is 1.31 bits per heavy atom. The highest BCUT2D eigenvalue weighted by molar-refractivity contribution is 5.92. The highest BCUT2D eigenvalue weighted by Crippen LogP contribution is 2.46. The summed E-state index contributed by atoms with van der Waals surface area (Å²) >= 11 is 0. The van der Waals surface area contributed by atoms with E-state index in [9.17, 15) is 56.5 Å². The standard InChI is InChI=1S/C31H22F6N4O8/c32-30(33,34)18-4-3-5-19(14-18)38-10-12-39(13-11-38)23-17-28(22(31(35,36)37)16-24(23)41(46)47)49-27-7-2-1-6-26(27)48-25-9-8-20(40(44)45)15-21(25)29(42)43/h1-9,14-17H,10-13H2,(H,42,43). The molecule has 1 aliphatic heterocycles. The third-order valence-corrected chi connectivity index (χ3v) is 7.43. The SMILES string of the molecule is O=C(O)c1cc([N+](=O)[O-])ccc1Oc1ccccc1Oc1cc(N2CCN(c3cccc(C(F)(F)F)c3)CC2)c([N+](=O)[O-])cc1C(F)(F)F. The van der Waals surface area contributed by atoms with Gasteiger partial charge in [0.05, 0.1) is 15.4 Å². The smallest absolute Gasteiger partial charge is 0.420 e. The van der Waals surface area contributed by atoms with Crippen LogP contribution in [0, 0.1) is 20.2 Å². The van der Waals surface area contributed by atoms with Crippen LogP contribution in [0.5, 0.6) is 23.0 Å². The summed E-state index contributed by atoms with van der Waals surface area (Å²) < 4.78 is 93.8. The van der Waals surface area contributed by atoms with Crippen molar-refractivity contribution in [2.45, 2.75) is 12.4 Å². The van der Waals surface area contributed by atoms with Crippen LogP contribution in [0.2, 0.25) is 0 Å². The first-order valence-corrected chi connectivity index (χ1v) is 14.1. The molecule has 1 heterocycles. The number of aromatic carboxylic acids is 1. The summed E-state index contributed by atoms with van der Waals surface area (Å²) in [6, 6.07) is 13.6. The lowest BCUT2D eigenvalue weighted by molar-refractivity contribution is -0.384. The second-order valence-electron chi connectivity index (χ2n) is 10.5. The van der Waals surface area contributed by atoms with Gasteiger partial charge < -0.3 is 24.4 Å². The van der Waals surface area contributed by atoms with E-state index in [2.05, 4.69) is 0 Å². The van der Waals surface area contributed by atoms with Gasteiger partial charge in [-0.25, -0.2) is 4.79 Å². The molecular formula is C31H22F6N4O8. The molecule has 1 aliphatic rings. The number of nitro groups is 2. The summed E-state index contributed by atoms with van der Waals surface area (Å²) in [6.07, 6.45) is -9.73. The zero-order valence-electron chi connectivity index (χ0n) is 24.7. The van der Waals surface area contributed by atoms with Crippen molar-refractivity contribution >= 4 is 28.7 Å². The van der Waals surface area contributed by atoms with Gasteiger partial charge in [-0.1, -0.05) is 18.2 Å². The molecule has 18 heteroatoms. The molecule has 0 spiro atoms. The summed E-state index contributed by atoms with van der Waals surface area (Å²) in [5.74, 6) is -3.51. The Morgan fingerprint density at radius 3 is 1.86 bits per heavy atom. The molecule has 0 aliphatic carbocycles. The highest BCUT2D eigenvalue weighted by Gasteiger charge is 2.39. The average Bonchev–Trinajstić information content (AvgIpc) is 3.04. The molecule has 256 valence electrons. The molecule has 5 rings (SSSR count). The number of carboxylic acids is 1. The lowest BCUT2D eigenvalue weighted by Crippen LogP contribution is -2.46. The Bertz CT molecular complexity index is 1930. The number of piperazine rings is 1. The summed E-state index contributed by atoms with van der Waals surface area (Å²) in [4.78, 5) is 36.1. The number of hydrogen-bond acceptors (Lipinski definition) is 9. The third kappa shape index (κ3) is 7.58. The van der Waals surface area contributed by atoms with Gasteiger partial charge in [-0.3, -0.25) is 20.2 Å². The number of carbonyl (C=O) groups is 1. The maximum Gasteiger partial charge on any atom is 0.420 e. The molecular weight excluding hydrogens is 670 g/mol. The third-order valence-electron chi connectivity index (χ3n) is 7.43. The summed E-state index contributed by atoms with van der Waals surface area (Å²) in [6.45, 7) is 0.125. The van der Waals surface area contributed by atoms with Crippen LogP contribution >= 0.6 is 0 Å². The highest BCUT2D eigenvalue weighted by atomic mass is 19.4. The molecule has 12 nitrogen and oxygen atoms in total. The zero-order chi connectivity index (χ0) is 35.7. The van der Waals surface area contributed by atoms with Crippen LogP contribution in [0.1, 0.15) is 21.5 Å². The number of anilines is 2. The molecule has 0 unspecified atom stereocenters. The predicted molar refractivity (Wildman–Crippen MR) is 161 cm³/mol. The van der Waals surface area contributed by atoms with Crippen molar-refractivity contribution in [3.63, 3.8) is 0 Å². The maximum absolute atomic E-state index is 14.3. The van der Waals surface area contributed by atoms with E-state index in [0.717, 1.165) is 36.4 Å². The van der Waals surface area contributed by atoms with E-state index in [4.69, 9.17) is 9.47 Å². The topological polar surface area (TPSA) is 149 Å². The lowest BCUT2D eigenvalue weighted by Gasteiger charge is -2.37. The van der Waals surface area contributed by atoms with E-state index in [1.165, 1.54) is 41.3 Å². The van der Waals surface area contributed by atoms with Gasteiger partial charge in [-0.05, 0) is 36.4 Å². The first-order chi connectivity index (χ1) is 23.0. The number of nitrogens with zero attached hydrogens (tertiary/aromatic N) is 4. The van der Waals surface area contributed by atoms with Crippen LogP contribution in [-0.4, -0.2) is 47.1 Å². The summed E-state index contributed by atoms with van der Waals surface area (Å²) in [5, 5.41) is 32.7. The molecule has 49 heavy (non-hydrogen) atoms. The van der Waals surface area contributed by atoms with Gasteiger partial charge in [-0.2, -0.15) is 26.3 Å². The van der Waals surface area contributed by atoms with Crippen LogP contribution < -0.4 is 19.3 Å². The molecule has 1 fully saturated rings. The van der Waals surface area contributed by atoms with Gasteiger partial charge in [-0.15, -0.1) is 0 Å². The van der Waals surface area contributed by atoms with Crippen LogP contribution in [0.25, 0.3) is 0 Å². The molecule has 4 aromatic rings.